The predicted molar refractivity (Wildman–Crippen MR) is 129 cm³/mol. The SMILES string of the molecule is CN=c1scc(C2CCN(C(=O)CCS(=O)(=O)c3ccc4cc(Cl)ccc4c3)CC2)n1C. The average molecular weight is 492 g/mol. The number of thiazole rings is 1. The van der Waals surface area contributed by atoms with Gasteiger partial charge >= 0.3 is 0 Å². The van der Waals surface area contributed by atoms with Crippen molar-refractivity contribution in [3.8, 4) is 0 Å². The highest BCUT2D eigenvalue weighted by Gasteiger charge is 2.26. The van der Waals surface area contributed by atoms with Crippen LogP contribution in [-0.4, -0.2) is 49.7 Å². The highest BCUT2D eigenvalue weighted by atomic mass is 35.5. The number of halogens is 1. The number of carbonyl (C=O) groups is 1. The lowest BCUT2D eigenvalue weighted by molar-refractivity contribution is -0.131. The van der Waals surface area contributed by atoms with E-state index in [1.54, 1.807) is 59.7 Å². The van der Waals surface area contributed by atoms with Gasteiger partial charge in [-0.3, -0.25) is 9.79 Å². The van der Waals surface area contributed by atoms with E-state index >= 15 is 0 Å². The molecular weight excluding hydrogens is 466 g/mol. The van der Waals surface area contributed by atoms with E-state index in [0.717, 1.165) is 28.4 Å². The highest BCUT2D eigenvalue weighted by molar-refractivity contribution is 7.91. The highest BCUT2D eigenvalue weighted by Crippen LogP contribution is 2.28. The van der Waals surface area contributed by atoms with Gasteiger partial charge in [0.2, 0.25) is 5.91 Å². The number of carbonyl (C=O) groups excluding carboxylic acids is 1. The quantitative estimate of drug-likeness (QED) is 0.541. The number of nitrogens with zero attached hydrogens (tertiary/aromatic N) is 3. The number of rotatable bonds is 5. The number of likely N-dealkylation sites (tertiary alicyclic amines) is 1. The van der Waals surface area contributed by atoms with E-state index < -0.39 is 9.84 Å². The molecule has 1 amide bonds. The van der Waals surface area contributed by atoms with Gasteiger partial charge in [-0.1, -0.05) is 23.7 Å². The van der Waals surface area contributed by atoms with Gasteiger partial charge in [-0.2, -0.15) is 0 Å². The van der Waals surface area contributed by atoms with E-state index in [1.165, 1.54) is 5.69 Å². The summed E-state index contributed by atoms with van der Waals surface area (Å²) in [6, 6.07) is 10.3. The van der Waals surface area contributed by atoms with Gasteiger partial charge < -0.3 is 9.47 Å². The number of sulfone groups is 1. The third-order valence-electron chi connectivity index (χ3n) is 6.13. The standard InChI is InChI=1S/C23H26ClN3O3S2/c1-25-23-26(2)21(15-31-23)16-7-10-27(11-8-16)22(28)9-12-32(29,30)20-6-4-17-13-19(24)5-3-18(17)14-20/h3-6,13-16H,7-12H2,1-2H3. The monoisotopic (exact) mass is 491 g/mol. The van der Waals surface area contributed by atoms with Crippen molar-refractivity contribution in [1.29, 1.82) is 0 Å². The molecule has 1 aliphatic heterocycles. The maximum absolute atomic E-state index is 12.8. The summed E-state index contributed by atoms with van der Waals surface area (Å²) in [6.45, 7) is 1.30. The fourth-order valence-corrected chi connectivity index (χ4v) is 6.65. The largest absolute Gasteiger partial charge is 0.343 e. The van der Waals surface area contributed by atoms with Crippen LogP contribution in [0.15, 0.2) is 51.7 Å². The van der Waals surface area contributed by atoms with Crippen LogP contribution in [-0.2, 0) is 21.7 Å². The van der Waals surface area contributed by atoms with Crippen LogP contribution in [0.1, 0.15) is 30.9 Å². The first-order valence-corrected chi connectivity index (χ1v) is 13.5. The Bertz CT molecular complexity index is 1320. The Morgan fingerprint density at radius 3 is 2.53 bits per heavy atom. The first-order chi connectivity index (χ1) is 15.3. The summed E-state index contributed by atoms with van der Waals surface area (Å²) in [5.41, 5.74) is 1.25. The maximum atomic E-state index is 12.8. The molecule has 0 unspecified atom stereocenters. The number of fused-ring (bicyclic) bond motifs is 1. The molecule has 2 heterocycles. The lowest BCUT2D eigenvalue weighted by Gasteiger charge is -2.32. The van der Waals surface area contributed by atoms with Gasteiger partial charge in [0.25, 0.3) is 0 Å². The zero-order chi connectivity index (χ0) is 22.9. The van der Waals surface area contributed by atoms with Gasteiger partial charge in [0.05, 0.1) is 10.6 Å². The number of hydrogen-bond donors (Lipinski definition) is 0. The van der Waals surface area contributed by atoms with Crippen molar-refractivity contribution < 1.29 is 13.2 Å². The zero-order valence-electron chi connectivity index (χ0n) is 18.1. The Balaban J connectivity index is 1.36. The molecule has 1 aliphatic rings. The Hall–Kier alpha value is -2.16. The van der Waals surface area contributed by atoms with Crippen LogP contribution in [0.25, 0.3) is 10.8 Å². The molecular formula is C23H26ClN3O3S2. The summed E-state index contributed by atoms with van der Waals surface area (Å²) in [4.78, 5) is 20.0. The third kappa shape index (κ3) is 4.77. The molecule has 0 radical (unpaired) electrons. The second kappa shape index (κ2) is 9.37. The van der Waals surface area contributed by atoms with Gasteiger partial charge in [-0.25, -0.2) is 8.42 Å². The summed E-state index contributed by atoms with van der Waals surface area (Å²) in [7, 11) is 0.268. The van der Waals surface area contributed by atoms with Crippen molar-refractivity contribution >= 4 is 49.5 Å². The molecule has 0 saturated carbocycles. The molecule has 0 bridgehead atoms. The second-order valence-electron chi connectivity index (χ2n) is 8.10. The van der Waals surface area contributed by atoms with Crippen LogP contribution >= 0.6 is 22.9 Å². The average Bonchev–Trinajstić information content (AvgIpc) is 3.17. The van der Waals surface area contributed by atoms with E-state index in [-0.39, 0.29) is 23.0 Å². The molecule has 0 aliphatic carbocycles. The molecule has 0 N–H and O–H groups in total. The van der Waals surface area contributed by atoms with Crippen LogP contribution in [0, 0.1) is 0 Å². The van der Waals surface area contributed by atoms with Crippen molar-refractivity contribution in [2.24, 2.45) is 12.0 Å². The van der Waals surface area contributed by atoms with E-state index in [9.17, 15) is 13.2 Å². The fraction of sp³-hybridized carbons (Fsp3) is 0.391. The maximum Gasteiger partial charge on any atom is 0.223 e. The number of hydrogen-bond acceptors (Lipinski definition) is 5. The summed E-state index contributed by atoms with van der Waals surface area (Å²) in [5.74, 6) is 0.107. The van der Waals surface area contributed by atoms with Crippen LogP contribution < -0.4 is 4.80 Å². The van der Waals surface area contributed by atoms with E-state index in [2.05, 4.69) is 14.9 Å². The van der Waals surface area contributed by atoms with Crippen LogP contribution in [0.3, 0.4) is 0 Å². The fourth-order valence-electron chi connectivity index (χ4n) is 4.26. The van der Waals surface area contributed by atoms with Crippen molar-refractivity contribution in [2.45, 2.75) is 30.1 Å². The topological polar surface area (TPSA) is 71.7 Å². The molecule has 1 saturated heterocycles. The Morgan fingerprint density at radius 2 is 1.84 bits per heavy atom. The summed E-state index contributed by atoms with van der Waals surface area (Å²) in [6.07, 6.45) is 1.75. The molecule has 0 atom stereocenters. The molecule has 32 heavy (non-hydrogen) atoms. The van der Waals surface area contributed by atoms with E-state index in [4.69, 9.17) is 11.6 Å². The van der Waals surface area contributed by atoms with E-state index in [0.29, 0.717) is 24.0 Å². The van der Waals surface area contributed by atoms with Crippen LogP contribution in [0.5, 0.6) is 0 Å². The molecule has 6 nitrogen and oxygen atoms in total. The molecule has 2 aromatic carbocycles. The molecule has 1 aromatic heterocycles. The lowest BCUT2D eigenvalue weighted by Crippen LogP contribution is -2.39. The van der Waals surface area contributed by atoms with Crippen molar-refractivity contribution in [1.82, 2.24) is 9.47 Å². The smallest absolute Gasteiger partial charge is 0.223 e. The zero-order valence-corrected chi connectivity index (χ0v) is 20.5. The molecule has 1 fully saturated rings. The minimum Gasteiger partial charge on any atom is -0.343 e. The summed E-state index contributed by atoms with van der Waals surface area (Å²) < 4.78 is 27.8. The molecule has 170 valence electrons. The molecule has 9 heteroatoms. The first-order valence-electron chi connectivity index (χ1n) is 10.6. The Kier molecular flexibility index (Phi) is 6.74. The van der Waals surface area contributed by atoms with Crippen molar-refractivity contribution in [2.75, 3.05) is 25.9 Å². The Labute approximate surface area is 197 Å². The number of aromatic nitrogens is 1. The Morgan fingerprint density at radius 1 is 1.16 bits per heavy atom. The minimum absolute atomic E-state index is 0.00323. The van der Waals surface area contributed by atoms with Crippen molar-refractivity contribution in [3.05, 3.63) is 57.3 Å². The first kappa shape index (κ1) is 23.0. The predicted octanol–water partition coefficient (Wildman–Crippen LogP) is 3.99. The lowest BCUT2D eigenvalue weighted by atomic mass is 9.94. The summed E-state index contributed by atoms with van der Waals surface area (Å²) in [5, 5.41) is 4.45. The number of piperidine rings is 1. The van der Waals surface area contributed by atoms with E-state index in [1.807, 2.05) is 7.05 Å². The molecule has 3 aromatic rings. The number of benzene rings is 2. The van der Waals surface area contributed by atoms with Gasteiger partial charge in [0.1, 0.15) is 0 Å². The van der Waals surface area contributed by atoms with Crippen LogP contribution in [0.2, 0.25) is 5.02 Å². The molecule has 0 spiro atoms. The van der Waals surface area contributed by atoms with Gasteiger partial charge in [0, 0.05) is 55.6 Å². The van der Waals surface area contributed by atoms with Gasteiger partial charge in [0.15, 0.2) is 14.6 Å². The van der Waals surface area contributed by atoms with Gasteiger partial charge in [-0.05, 0) is 47.9 Å². The number of amides is 1. The van der Waals surface area contributed by atoms with Crippen molar-refractivity contribution in [3.63, 3.8) is 0 Å². The molecule has 4 rings (SSSR count). The summed E-state index contributed by atoms with van der Waals surface area (Å²) >= 11 is 7.63. The third-order valence-corrected chi connectivity index (χ3v) is 9.11. The second-order valence-corrected chi connectivity index (χ2v) is 11.5. The van der Waals surface area contributed by atoms with Crippen LogP contribution in [0.4, 0.5) is 0 Å². The normalized spacial score (nSPS) is 16.1. The van der Waals surface area contributed by atoms with Gasteiger partial charge in [-0.15, -0.1) is 11.3 Å². The minimum atomic E-state index is -3.55.